The number of methoxy groups -OCH3 is 1. The fourth-order valence-corrected chi connectivity index (χ4v) is 3.06. The summed E-state index contributed by atoms with van der Waals surface area (Å²) in [5, 5.41) is 3.48. The van der Waals surface area contributed by atoms with Crippen molar-refractivity contribution in [1.29, 1.82) is 0 Å². The van der Waals surface area contributed by atoms with E-state index in [0.717, 1.165) is 51.6 Å². The number of aliphatic imine (C=N–C) groups is 1. The summed E-state index contributed by atoms with van der Waals surface area (Å²) >= 11 is 0. The SMILES string of the molecule is CN=C(NCCCCCOC)N1CCOC(c2ccccc2C)C1.I. The van der Waals surface area contributed by atoms with Gasteiger partial charge < -0.3 is 19.7 Å². The van der Waals surface area contributed by atoms with Crippen LogP contribution < -0.4 is 5.32 Å². The Labute approximate surface area is 169 Å². The molecule has 1 fully saturated rings. The molecule has 1 atom stereocenters. The number of benzene rings is 1. The molecule has 5 nitrogen and oxygen atoms in total. The first-order valence-electron chi connectivity index (χ1n) is 8.88. The summed E-state index contributed by atoms with van der Waals surface area (Å²) in [4.78, 5) is 6.75. The number of rotatable bonds is 7. The third kappa shape index (κ3) is 7.11. The van der Waals surface area contributed by atoms with Gasteiger partial charge in [0.25, 0.3) is 0 Å². The Morgan fingerprint density at radius 2 is 2.12 bits per heavy atom. The second kappa shape index (κ2) is 12.5. The van der Waals surface area contributed by atoms with Crippen LogP contribution in [-0.2, 0) is 9.47 Å². The highest BCUT2D eigenvalue weighted by Crippen LogP contribution is 2.24. The van der Waals surface area contributed by atoms with Gasteiger partial charge in [0.15, 0.2) is 5.96 Å². The number of unbranched alkanes of at least 4 members (excludes halogenated alkanes) is 2. The highest BCUT2D eigenvalue weighted by molar-refractivity contribution is 14.0. The summed E-state index contributed by atoms with van der Waals surface area (Å²) in [6, 6.07) is 8.46. The molecule has 25 heavy (non-hydrogen) atoms. The molecule has 0 aliphatic carbocycles. The minimum absolute atomic E-state index is 0. The van der Waals surface area contributed by atoms with Crippen molar-refractivity contribution < 1.29 is 9.47 Å². The standard InChI is InChI=1S/C19H31N3O2.HI/c1-16-9-5-6-10-17(16)18-15-22(12-14-24-18)19(20-2)21-11-7-4-8-13-23-3;/h5-6,9-10,18H,4,7-8,11-15H2,1-3H3,(H,20,21);1H. The first-order valence-corrected chi connectivity index (χ1v) is 8.88. The van der Waals surface area contributed by atoms with Gasteiger partial charge in [0.1, 0.15) is 6.10 Å². The lowest BCUT2D eigenvalue weighted by Gasteiger charge is -2.35. The zero-order chi connectivity index (χ0) is 17.2. The third-order valence-electron chi connectivity index (χ3n) is 4.42. The van der Waals surface area contributed by atoms with Crippen LogP contribution in [0.25, 0.3) is 0 Å². The van der Waals surface area contributed by atoms with Crippen molar-refractivity contribution in [3.8, 4) is 0 Å². The second-order valence-corrected chi connectivity index (χ2v) is 6.19. The van der Waals surface area contributed by atoms with Crippen LogP contribution in [0.3, 0.4) is 0 Å². The molecule has 0 radical (unpaired) electrons. The molecule has 1 heterocycles. The molecule has 1 aliphatic rings. The van der Waals surface area contributed by atoms with Crippen LogP contribution in [0.1, 0.15) is 36.5 Å². The minimum atomic E-state index is 0. The lowest BCUT2D eigenvalue weighted by atomic mass is 10.0. The van der Waals surface area contributed by atoms with Gasteiger partial charge in [0, 0.05) is 33.9 Å². The Balaban J connectivity index is 0.00000312. The number of nitrogens with one attached hydrogen (secondary N) is 1. The molecule has 0 spiro atoms. The van der Waals surface area contributed by atoms with Crippen LogP contribution in [0.2, 0.25) is 0 Å². The van der Waals surface area contributed by atoms with Crippen LogP contribution in [0, 0.1) is 6.92 Å². The van der Waals surface area contributed by atoms with Crippen molar-refractivity contribution in [2.75, 3.05) is 47.0 Å². The van der Waals surface area contributed by atoms with Gasteiger partial charge in [0.05, 0.1) is 13.2 Å². The number of ether oxygens (including phenoxy) is 2. The number of nitrogens with zero attached hydrogens (tertiary/aromatic N) is 2. The van der Waals surface area contributed by atoms with E-state index in [4.69, 9.17) is 9.47 Å². The van der Waals surface area contributed by atoms with Crippen LogP contribution in [0.5, 0.6) is 0 Å². The number of morpholine rings is 1. The summed E-state index contributed by atoms with van der Waals surface area (Å²) < 4.78 is 11.1. The Hall–Kier alpha value is -0.860. The van der Waals surface area contributed by atoms with Crippen molar-refractivity contribution in [1.82, 2.24) is 10.2 Å². The van der Waals surface area contributed by atoms with E-state index in [-0.39, 0.29) is 30.1 Å². The number of hydrogen-bond donors (Lipinski definition) is 1. The summed E-state index contributed by atoms with van der Waals surface area (Å²) in [6.45, 7) is 6.39. The fourth-order valence-electron chi connectivity index (χ4n) is 3.06. The van der Waals surface area contributed by atoms with Crippen LogP contribution in [0.4, 0.5) is 0 Å². The maximum Gasteiger partial charge on any atom is 0.193 e. The molecule has 1 aliphatic heterocycles. The van der Waals surface area contributed by atoms with E-state index in [0.29, 0.717) is 0 Å². The minimum Gasteiger partial charge on any atom is -0.385 e. The smallest absolute Gasteiger partial charge is 0.193 e. The van der Waals surface area contributed by atoms with Gasteiger partial charge >= 0.3 is 0 Å². The van der Waals surface area contributed by atoms with Crippen molar-refractivity contribution in [2.45, 2.75) is 32.3 Å². The Bertz CT molecular complexity index is 525. The predicted molar refractivity (Wildman–Crippen MR) is 114 cm³/mol. The lowest BCUT2D eigenvalue weighted by molar-refractivity contribution is -0.00830. The first-order chi connectivity index (χ1) is 11.8. The fraction of sp³-hybridized carbons (Fsp3) is 0.632. The van der Waals surface area contributed by atoms with Gasteiger partial charge in [-0.1, -0.05) is 24.3 Å². The van der Waals surface area contributed by atoms with Crippen LogP contribution in [-0.4, -0.2) is 57.9 Å². The largest absolute Gasteiger partial charge is 0.385 e. The monoisotopic (exact) mass is 461 g/mol. The van der Waals surface area contributed by atoms with E-state index in [1.54, 1.807) is 7.11 Å². The van der Waals surface area contributed by atoms with E-state index in [9.17, 15) is 0 Å². The summed E-state index contributed by atoms with van der Waals surface area (Å²) in [5.74, 6) is 0.976. The van der Waals surface area contributed by atoms with Crippen molar-refractivity contribution in [3.05, 3.63) is 35.4 Å². The molecule has 1 aromatic carbocycles. The van der Waals surface area contributed by atoms with Gasteiger partial charge in [-0.05, 0) is 37.3 Å². The molecule has 1 aromatic rings. The van der Waals surface area contributed by atoms with Crippen molar-refractivity contribution in [2.24, 2.45) is 4.99 Å². The predicted octanol–water partition coefficient (Wildman–Crippen LogP) is 3.38. The molecule has 0 saturated carbocycles. The average Bonchev–Trinajstić information content (AvgIpc) is 2.62. The summed E-state index contributed by atoms with van der Waals surface area (Å²) in [5.41, 5.74) is 2.56. The van der Waals surface area contributed by atoms with Crippen molar-refractivity contribution >= 4 is 29.9 Å². The summed E-state index contributed by atoms with van der Waals surface area (Å²) in [7, 11) is 3.61. The maximum absolute atomic E-state index is 6.00. The average molecular weight is 461 g/mol. The zero-order valence-corrected chi connectivity index (χ0v) is 18.0. The van der Waals surface area contributed by atoms with Gasteiger partial charge in [-0.15, -0.1) is 24.0 Å². The number of halogens is 1. The second-order valence-electron chi connectivity index (χ2n) is 6.19. The highest BCUT2D eigenvalue weighted by Gasteiger charge is 2.24. The third-order valence-corrected chi connectivity index (χ3v) is 4.42. The van der Waals surface area contributed by atoms with Gasteiger partial charge in [-0.25, -0.2) is 0 Å². The quantitative estimate of drug-likeness (QED) is 0.293. The Morgan fingerprint density at radius 3 is 2.84 bits per heavy atom. The Morgan fingerprint density at radius 1 is 1.32 bits per heavy atom. The molecule has 142 valence electrons. The number of guanidine groups is 1. The molecular weight excluding hydrogens is 429 g/mol. The van der Waals surface area contributed by atoms with E-state index in [1.165, 1.54) is 17.5 Å². The highest BCUT2D eigenvalue weighted by atomic mass is 127. The van der Waals surface area contributed by atoms with Gasteiger partial charge in [-0.2, -0.15) is 0 Å². The molecule has 0 aromatic heterocycles. The van der Waals surface area contributed by atoms with Crippen LogP contribution in [0.15, 0.2) is 29.3 Å². The van der Waals surface area contributed by atoms with E-state index >= 15 is 0 Å². The molecule has 2 rings (SSSR count). The zero-order valence-electron chi connectivity index (χ0n) is 15.7. The van der Waals surface area contributed by atoms with Gasteiger partial charge in [-0.3, -0.25) is 4.99 Å². The van der Waals surface area contributed by atoms with Crippen molar-refractivity contribution in [3.63, 3.8) is 0 Å². The topological polar surface area (TPSA) is 46.1 Å². The van der Waals surface area contributed by atoms with Crippen LogP contribution >= 0.6 is 24.0 Å². The molecule has 6 heteroatoms. The molecule has 1 unspecified atom stereocenters. The number of hydrogen-bond acceptors (Lipinski definition) is 3. The van der Waals surface area contributed by atoms with E-state index in [2.05, 4.69) is 46.4 Å². The first kappa shape index (κ1) is 22.2. The molecule has 0 bridgehead atoms. The lowest BCUT2D eigenvalue weighted by Crippen LogP contribution is -2.48. The molecule has 1 saturated heterocycles. The van der Waals surface area contributed by atoms with E-state index in [1.807, 2.05) is 7.05 Å². The summed E-state index contributed by atoms with van der Waals surface area (Å²) in [6.07, 6.45) is 3.53. The number of aryl methyl sites for hydroxylation is 1. The molecule has 1 N–H and O–H groups in total. The van der Waals surface area contributed by atoms with Gasteiger partial charge in [0.2, 0.25) is 0 Å². The maximum atomic E-state index is 6.00. The molecule has 0 amide bonds. The normalized spacial score (nSPS) is 18.0. The molecular formula is C19H32IN3O2. The van der Waals surface area contributed by atoms with E-state index < -0.39 is 0 Å². The Kier molecular flexibility index (Phi) is 11.1.